The van der Waals surface area contributed by atoms with Crippen LogP contribution in [0.5, 0.6) is 11.5 Å². The third kappa shape index (κ3) is 6.99. The number of nitrogens with one attached hydrogen (secondary N) is 1. The molecule has 0 aliphatic carbocycles. The zero-order valence-corrected chi connectivity index (χ0v) is 20.2. The first-order valence-corrected chi connectivity index (χ1v) is 11.1. The highest BCUT2D eigenvalue weighted by Crippen LogP contribution is 2.37. The van der Waals surface area contributed by atoms with Gasteiger partial charge in [0.25, 0.3) is 0 Å². The van der Waals surface area contributed by atoms with Crippen molar-refractivity contribution in [3.05, 3.63) is 79.9 Å². The minimum atomic E-state index is -4.44. The number of anilines is 1. The van der Waals surface area contributed by atoms with Crippen LogP contribution in [-0.2, 0) is 12.8 Å². The van der Waals surface area contributed by atoms with E-state index in [4.69, 9.17) is 32.7 Å². The van der Waals surface area contributed by atoms with Gasteiger partial charge in [-0.05, 0) is 70.4 Å². The van der Waals surface area contributed by atoms with E-state index in [2.05, 4.69) is 31.4 Å². The van der Waals surface area contributed by atoms with Gasteiger partial charge in [-0.25, -0.2) is 4.98 Å². The van der Waals surface area contributed by atoms with Crippen LogP contribution < -0.4 is 14.9 Å². The smallest absolute Gasteiger partial charge is 0.417 e. The van der Waals surface area contributed by atoms with Crippen molar-refractivity contribution in [1.82, 2.24) is 4.98 Å². The van der Waals surface area contributed by atoms with E-state index in [-0.39, 0.29) is 12.4 Å². The molecule has 5 nitrogen and oxygen atoms in total. The lowest BCUT2D eigenvalue weighted by Crippen LogP contribution is -2.05. The van der Waals surface area contributed by atoms with Gasteiger partial charge in [0.2, 0.25) is 0 Å². The van der Waals surface area contributed by atoms with Crippen molar-refractivity contribution in [3.63, 3.8) is 0 Å². The highest BCUT2D eigenvalue weighted by atomic mass is 79.9. The van der Waals surface area contributed by atoms with Crippen molar-refractivity contribution in [2.75, 3.05) is 12.0 Å². The van der Waals surface area contributed by atoms with E-state index in [1.54, 1.807) is 24.3 Å². The largest absolute Gasteiger partial charge is 0.490 e. The predicted molar refractivity (Wildman–Crippen MR) is 127 cm³/mol. The fourth-order valence-corrected chi connectivity index (χ4v) is 3.55. The van der Waals surface area contributed by atoms with Crippen LogP contribution in [0.1, 0.15) is 23.6 Å². The number of benzene rings is 2. The number of hydrazone groups is 1. The second-order valence-corrected chi connectivity index (χ2v) is 8.27. The first-order chi connectivity index (χ1) is 15.7. The third-order valence-corrected chi connectivity index (χ3v) is 5.51. The second-order valence-electron chi connectivity index (χ2n) is 6.60. The van der Waals surface area contributed by atoms with Crippen LogP contribution in [0, 0.1) is 0 Å². The lowest BCUT2D eigenvalue weighted by atomic mass is 10.2. The van der Waals surface area contributed by atoms with Crippen molar-refractivity contribution in [1.29, 1.82) is 0 Å². The molecule has 0 atom stereocenters. The van der Waals surface area contributed by atoms with Gasteiger partial charge in [-0.1, -0.05) is 29.3 Å². The standard InChI is InChI=1S/C22H17BrCl2F3N3O2/c1-2-32-19-9-14(10-30-31-20-6-4-15(11-29-20)22(26,27)28)7-16(23)21(19)33-12-13-3-5-17(24)18(25)8-13/h3-11H,2,12H2,1H3,(H,29,31)/b30-10-. The van der Waals surface area contributed by atoms with Crippen molar-refractivity contribution in [2.45, 2.75) is 19.7 Å². The first kappa shape index (κ1) is 25.1. The van der Waals surface area contributed by atoms with Crippen LogP contribution in [0.25, 0.3) is 0 Å². The molecule has 1 N–H and O–H groups in total. The Hall–Kier alpha value is -2.49. The molecule has 1 heterocycles. The van der Waals surface area contributed by atoms with Crippen LogP contribution in [-0.4, -0.2) is 17.8 Å². The fourth-order valence-electron chi connectivity index (χ4n) is 2.65. The number of hydrogen-bond acceptors (Lipinski definition) is 5. The monoisotopic (exact) mass is 561 g/mol. The molecule has 1 aromatic heterocycles. The van der Waals surface area contributed by atoms with Crippen molar-refractivity contribution in [2.24, 2.45) is 5.10 Å². The molecule has 0 fully saturated rings. The summed E-state index contributed by atoms with van der Waals surface area (Å²) >= 11 is 15.5. The van der Waals surface area contributed by atoms with E-state index in [9.17, 15) is 13.2 Å². The van der Waals surface area contributed by atoms with Crippen LogP contribution in [0.15, 0.2) is 58.2 Å². The molecule has 0 saturated carbocycles. The summed E-state index contributed by atoms with van der Waals surface area (Å²) in [6, 6.07) is 10.8. The summed E-state index contributed by atoms with van der Waals surface area (Å²) in [4.78, 5) is 3.70. The molecule has 33 heavy (non-hydrogen) atoms. The summed E-state index contributed by atoms with van der Waals surface area (Å²) in [6.45, 7) is 2.49. The number of ether oxygens (including phenoxy) is 2. The topological polar surface area (TPSA) is 55.7 Å². The highest BCUT2D eigenvalue weighted by molar-refractivity contribution is 9.10. The molecule has 3 rings (SSSR count). The Morgan fingerprint density at radius 2 is 1.88 bits per heavy atom. The quantitative estimate of drug-likeness (QED) is 0.227. The van der Waals surface area contributed by atoms with E-state index < -0.39 is 11.7 Å². The lowest BCUT2D eigenvalue weighted by molar-refractivity contribution is -0.137. The maximum Gasteiger partial charge on any atom is 0.417 e. The van der Waals surface area contributed by atoms with Gasteiger partial charge in [0.15, 0.2) is 11.5 Å². The van der Waals surface area contributed by atoms with E-state index in [1.165, 1.54) is 12.3 Å². The number of hydrogen-bond donors (Lipinski definition) is 1. The molecule has 0 amide bonds. The van der Waals surface area contributed by atoms with Crippen LogP contribution in [0.3, 0.4) is 0 Å². The van der Waals surface area contributed by atoms with Gasteiger partial charge < -0.3 is 9.47 Å². The molecule has 3 aromatic rings. The molecule has 174 valence electrons. The van der Waals surface area contributed by atoms with Crippen molar-refractivity contribution in [3.8, 4) is 11.5 Å². The Labute approximate surface area is 206 Å². The fraction of sp³-hybridized carbons (Fsp3) is 0.182. The molecular formula is C22H17BrCl2F3N3O2. The average molecular weight is 563 g/mol. The molecule has 0 saturated heterocycles. The maximum absolute atomic E-state index is 12.6. The van der Waals surface area contributed by atoms with Gasteiger partial charge in [-0.15, -0.1) is 0 Å². The zero-order valence-electron chi connectivity index (χ0n) is 17.1. The predicted octanol–water partition coefficient (Wildman–Crippen LogP) is 7.59. The number of nitrogens with zero attached hydrogens (tertiary/aromatic N) is 2. The summed E-state index contributed by atoms with van der Waals surface area (Å²) in [5.74, 6) is 1.16. The second kappa shape index (κ2) is 11.1. The van der Waals surface area contributed by atoms with Gasteiger partial charge in [0.05, 0.1) is 32.9 Å². The first-order valence-electron chi connectivity index (χ1n) is 9.52. The summed E-state index contributed by atoms with van der Waals surface area (Å²) in [5, 5.41) is 4.92. The molecule has 0 bridgehead atoms. The molecule has 0 aliphatic heterocycles. The normalized spacial score (nSPS) is 11.6. The molecule has 0 radical (unpaired) electrons. The number of halogens is 6. The Balaban J connectivity index is 1.72. The number of alkyl halides is 3. The van der Waals surface area contributed by atoms with Gasteiger partial charge >= 0.3 is 6.18 Å². The Morgan fingerprint density at radius 1 is 1.09 bits per heavy atom. The van der Waals surface area contributed by atoms with Gasteiger partial charge in [-0.2, -0.15) is 18.3 Å². The van der Waals surface area contributed by atoms with E-state index in [1.807, 2.05) is 13.0 Å². The number of aromatic nitrogens is 1. The Morgan fingerprint density at radius 3 is 2.52 bits per heavy atom. The molecule has 11 heteroatoms. The molecule has 2 aromatic carbocycles. The number of rotatable bonds is 8. The van der Waals surface area contributed by atoms with Gasteiger partial charge in [-0.3, -0.25) is 5.43 Å². The SMILES string of the molecule is CCOc1cc(/C=N\Nc2ccc(C(F)(F)F)cn2)cc(Br)c1OCc1ccc(Cl)c(Cl)c1. The van der Waals surface area contributed by atoms with Crippen LogP contribution in [0.4, 0.5) is 19.0 Å². The van der Waals surface area contributed by atoms with Gasteiger partial charge in [0, 0.05) is 6.20 Å². The van der Waals surface area contributed by atoms with Gasteiger partial charge in [0.1, 0.15) is 12.4 Å². The highest BCUT2D eigenvalue weighted by Gasteiger charge is 2.30. The average Bonchev–Trinajstić information content (AvgIpc) is 2.75. The number of pyridine rings is 1. The zero-order chi connectivity index (χ0) is 24.0. The summed E-state index contributed by atoms with van der Waals surface area (Å²) in [5.41, 5.74) is 3.25. The minimum absolute atomic E-state index is 0.171. The Kier molecular flexibility index (Phi) is 8.45. The maximum atomic E-state index is 12.6. The third-order valence-electron chi connectivity index (χ3n) is 4.18. The molecule has 0 unspecified atom stereocenters. The van der Waals surface area contributed by atoms with E-state index in [0.29, 0.717) is 38.2 Å². The van der Waals surface area contributed by atoms with E-state index in [0.717, 1.165) is 17.8 Å². The van der Waals surface area contributed by atoms with Crippen LogP contribution >= 0.6 is 39.1 Å². The molecule has 0 aliphatic rings. The summed E-state index contributed by atoms with van der Waals surface area (Å²) < 4.78 is 50.1. The van der Waals surface area contributed by atoms with Crippen molar-refractivity contribution >= 4 is 51.2 Å². The van der Waals surface area contributed by atoms with Crippen LogP contribution in [0.2, 0.25) is 10.0 Å². The summed E-state index contributed by atoms with van der Waals surface area (Å²) in [6.07, 6.45) is -2.22. The lowest BCUT2D eigenvalue weighted by Gasteiger charge is -2.15. The van der Waals surface area contributed by atoms with Crippen molar-refractivity contribution < 1.29 is 22.6 Å². The minimum Gasteiger partial charge on any atom is -0.490 e. The van der Waals surface area contributed by atoms with E-state index >= 15 is 0 Å². The molecule has 0 spiro atoms. The molecular weight excluding hydrogens is 546 g/mol. The Bertz CT molecular complexity index is 1140. The summed E-state index contributed by atoms with van der Waals surface area (Å²) in [7, 11) is 0.